The molecule has 4 nitrogen and oxygen atoms in total. The van der Waals surface area contributed by atoms with E-state index in [1.54, 1.807) is 0 Å². The predicted octanol–water partition coefficient (Wildman–Crippen LogP) is 2.65. The van der Waals surface area contributed by atoms with E-state index < -0.39 is 5.54 Å². The number of carbonyl (C=O) groups is 1. The van der Waals surface area contributed by atoms with Crippen molar-refractivity contribution >= 4 is 5.91 Å². The van der Waals surface area contributed by atoms with Gasteiger partial charge in [0.15, 0.2) is 0 Å². The Hall–Kier alpha value is -1.55. The standard InChI is InChI=1S/C16H26N2O2/c1-6-17-16(4,5)15(19)18-12(3)13-8-10-14(11-9-13)20-7-2/h8-12,17H,6-7H2,1-5H3,(H,18,19). The Bertz CT molecular complexity index is 427. The maximum Gasteiger partial charge on any atom is 0.240 e. The van der Waals surface area contributed by atoms with E-state index in [1.807, 2.05) is 58.9 Å². The summed E-state index contributed by atoms with van der Waals surface area (Å²) in [5, 5.41) is 6.20. The molecule has 0 aromatic heterocycles. The second kappa shape index (κ2) is 7.29. The highest BCUT2D eigenvalue weighted by atomic mass is 16.5. The highest BCUT2D eigenvalue weighted by Crippen LogP contribution is 2.18. The topological polar surface area (TPSA) is 50.4 Å². The van der Waals surface area contributed by atoms with Crippen molar-refractivity contribution in [3.8, 4) is 5.75 Å². The van der Waals surface area contributed by atoms with Crippen LogP contribution < -0.4 is 15.4 Å². The Morgan fingerprint density at radius 3 is 2.35 bits per heavy atom. The van der Waals surface area contributed by atoms with Gasteiger partial charge in [0, 0.05) is 0 Å². The van der Waals surface area contributed by atoms with Crippen molar-refractivity contribution in [3.05, 3.63) is 29.8 Å². The summed E-state index contributed by atoms with van der Waals surface area (Å²) < 4.78 is 5.41. The predicted molar refractivity (Wildman–Crippen MR) is 81.9 cm³/mol. The second-order valence-corrected chi connectivity index (χ2v) is 5.35. The van der Waals surface area contributed by atoms with Gasteiger partial charge in [-0.15, -0.1) is 0 Å². The fourth-order valence-electron chi connectivity index (χ4n) is 2.00. The minimum atomic E-state index is -0.561. The molecule has 20 heavy (non-hydrogen) atoms. The Labute approximate surface area is 121 Å². The first-order valence-electron chi connectivity index (χ1n) is 7.19. The van der Waals surface area contributed by atoms with Crippen molar-refractivity contribution in [1.29, 1.82) is 0 Å². The third kappa shape index (κ3) is 4.53. The molecule has 1 rings (SSSR count). The van der Waals surface area contributed by atoms with Crippen molar-refractivity contribution in [3.63, 3.8) is 0 Å². The molecule has 0 heterocycles. The maximum absolute atomic E-state index is 12.2. The average molecular weight is 278 g/mol. The molecule has 0 aliphatic carbocycles. The van der Waals surface area contributed by atoms with Gasteiger partial charge < -0.3 is 15.4 Å². The number of nitrogens with one attached hydrogen (secondary N) is 2. The Morgan fingerprint density at radius 1 is 1.25 bits per heavy atom. The van der Waals surface area contributed by atoms with Crippen LogP contribution in [-0.2, 0) is 4.79 Å². The lowest BCUT2D eigenvalue weighted by Crippen LogP contribution is -2.52. The lowest BCUT2D eigenvalue weighted by molar-refractivity contribution is -0.127. The molecule has 0 saturated carbocycles. The van der Waals surface area contributed by atoms with Gasteiger partial charge in [0.05, 0.1) is 18.2 Å². The second-order valence-electron chi connectivity index (χ2n) is 5.35. The fourth-order valence-corrected chi connectivity index (χ4v) is 2.00. The summed E-state index contributed by atoms with van der Waals surface area (Å²) in [5.41, 5.74) is 0.503. The van der Waals surface area contributed by atoms with Gasteiger partial charge in [-0.25, -0.2) is 0 Å². The van der Waals surface area contributed by atoms with Gasteiger partial charge in [-0.3, -0.25) is 4.79 Å². The van der Waals surface area contributed by atoms with Crippen molar-refractivity contribution < 1.29 is 9.53 Å². The molecule has 0 spiro atoms. The van der Waals surface area contributed by atoms with E-state index in [1.165, 1.54) is 0 Å². The van der Waals surface area contributed by atoms with E-state index in [9.17, 15) is 4.79 Å². The number of carbonyl (C=O) groups excluding carboxylic acids is 1. The van der Waals surface area contributed by atoms with Crippen molar-refractivity contribution in [2.45, 2.75) is 46.2 Å². The molecule has 0 aliphatic heterocycles. The van der Waals surface area contributed by atoms with E-state index in [4.69, 9.17) is 4.74 Å². The van der Waals surface area contributed by atoms with Crippen LogP contribution in [0.4, 0.5) is 0 Å². The SMILES string of the molecule is CCNC(C)(C)C(=O)NC(C)c1ccc(OCC)cc1. The van der Waals surface area contributed by atoms with E-state index in [0.29, 0.717) is 6.61 Å². The van der Waals surface area contributed by atoms with Crippen LogP contribution in [0.15, 0.2) is 24.3 Å². The molecule has 0 radical (unpaired) electrons. The number of likely N-dealkylation sites (N-methyl/N-ethyl adjacent to an activating group) is 1. The summed E-state index contributed by atoms with van der Waals surface area (Å²) in [6.45, 7) is 11.1. The van der Waals surface area contributed by atoms with Gasteiger partial charge in [-0.2, -0.15) is 0 Å². The fraction of sp³-hybridized carbons (Fsp3) is 0.562. The monoisotopic (exact) mass is 278 g/mol. The third-order valence-electron chi connectivity index (χ3n) is 3.23. The molecule has 2 N–H and O–H groups in total. The summed E-state index contributed by atoms with van der Waals surface area (Å²) in [5.74, 6) is 0.850. The van der Waals surface area contributed by atoms with E-state index >= 15 is 0 Å². The zero-order valence-corrected chi connectivity index (χ0v) is 13.1. The number of hydrogen-bond acceptors (Lipinski definition) is 3. The zero-order valence-electron chi connectivity index (χ0n) is 13.1. The zero-order chi connectivity index (χ0) is 15.2. The molecule has 112 valence electrons. The smallest absolute Gasteiger partial charge is 0.240 e. The molecule has 1 aromatic rings. The quantitative estimate of drug-likeness (QED) is 0.806. The van der Waals surface area contributed by atoms with Gasteiger partial charge in [-0.05, 0) is 51.9 Å². The normalized spacial score (nSPS) is 12.8. The Kier molecular flexibility index (Phi) is 6.02. The first-order chi connectivity index (χ1) is 9.40. The summed E-state index contributed by atoms with van der Waals surface area (Å²) in [6.07, 6.45) is 0. The molecular weight excluding hydrogens is 252 g/mol. The van der Waals surface area contributed by atoms with E-state index in [0.717, 1.165) is 17.9 Å². The number of amides is 1. The Morgan fingerprint density at radius 2 is 1.85 bits per heavy atom. The lowest BCUT2D eigenvalue weighted by atomic mass is 10.0. The molecule has 1 aromatic carbocycles. The van der Waals surface area contributed by atoms with Crippen molar-refractivity contribution in [2.75, 3.05) is 13.2 Å². The first kappa shape index (κ1) is 16.5. The van der Waals surface area contributed by atoms with Crippen LogP contribution in [-0.4, -0.2) is 24.6 Å². The number of ether oxygens (including phenoxy) is 1. The van der Waals surface area contributed by atoms with Crippen LogP contribution in [0.25, 0.3) is 0 Å². The van der Waals surface area contributed by atoms with Crippen molar-refractivity contribution in [1.82, 2.24) is 10.6 Å². The first-order valence-corrected chi connectivity index (χ1v) is 7.19. The highest BCUT2D eigenvalue weighted by Gasteiger charge is 2.27. The summed E-state index contributed by atoms with van der Waals surface area (Å²) in [6, 6.07) is 7.79. The van der Waals surface area contributed by atoms with Crippen molar-refractivity contribution in [2.24, 2.45) is 0 Å². The molecule has 1 amide bonds. The minimum Gasteiger partial charge on any atom is -0.494 e. The van der Waals surface area contributed by atoms with E-state index in [-0.39, 0.29) is 11.9 Å². The number of rotatable bonds is 7. The van der Waals surface area contributed by atoms with Gasteiger partial charge in [0.1, 0.15) is 5.75 Å². The van der Waals surface area contributed by atoms with Gasteiger partial charge >= 0.3 is 0 Å². The summed E-state index contributed by atoms with van der Waals surface area (Å²) in [4.78, 5) is 12.2. The van der Waals surface area contributed by atoms with Crippen LogP contribution in [0, 0.1) is 0 Å². The number of benzene rings is 1. The van der Waals surface area contributed by atoms with Gasteiger partial charge in [-0.1, -0.05) is 19.1 Å². The van der Waals surface area contributed by atoms with Gasteiger partial charge in [0.2, 0.25) is 5.91 Å². The van der Waals surface area contributed by atoms with Gasteiger partial charge in [0.25, 0.3) is 0 Å². The molecular formula is C16H26N2O2. The molecule has 1 atom stereocenters. The highest BCUT2D eigenvalue weighted by molar-refractivity contribution is 5.85. The maximum atomic E-state index is 12.2. The molecule has 1 unspecified atom stereocenters. The van der Waals surface area contributed by atoms with Crippen LogP contribution in [0.1, 0.15) is 46.2 Å². The molecule has 0 bridgehead atoms. The van der Waals surface area contributed by atoms with Crippen LogP contribution in [0.3, 0.4) is 0 Å². The van der Waals surface area contributed by atoms with E-state index in [2.05, 4.69) is 10.6 Å². The summed E-state index contributed by atoms with van der Waals surface area (Å²) in [7, 11) is 0. The largest absolute Gasteiger partial charge is 0.494 e. The average Bonchev–Trinajstić information content (AvgIpc) is 2.39. The summed E-state index contributed by atoms with van der Waals surface area (Å²) >= 11 is 0. The van der Waals surface area contributed by atoms with Crippen LogP contribution in [0.2, 0.25) is 0 Å². The molecule has 0 fully saturated rings. The molecule has 0 saturated heterocycles. The molecule has 4 heteroatoms. The third-order valence-corrected chi connectivity index (χ3v) is 3.23. The Balaban J connectivity index is 2.66. The van der Waals surface area contributed by atoms with Crippen LogP contribution >= 0.6 is 0 Å². The minimum absolute atomic E-state index is 0.000680. The van der Waals surface area contributed by atoms with Crippen LogP contribution in [0.5, 0.6) is 5.75 Å². The lowest BCUT2D eigenvalue weighted by Gasteiger charge is -2.27. The number of hydrogen-bond donors (Lipinski definition) is 2. The molecule has 0 aliphatic rings.